The number of aryl methyl sites for hydroxylation is 1. The van der Waals surface area contributed by atoms with Crippen LogP contribution in [0.15, 0.2) is 48.8 Å². The van der Waals surface area contributed by atoms with Gasteiger partial charge in [0, 0.05) is 36.3 Å². The van der Waals surface area contributed by atoms with Crippen molar-refractivity contribution in [1.29, 1.82) is 0 Å². The summed E-state index contributed by atoms with van der Waals surface area (Å²) in [6, 6.07) is 11.5. The molecule has 0 aromatic carbocycles. The fourth-order valence-electron chi connectivity index (χ4n) is 2.31. The Balaban J connectivity index is 1.85. The summed E-state index contributed by atoms with van der Waals surface area (Å²) in [6.07, 6.45) is 4.28. The van der Waals surface area contributed by atoms with Crippen LogP contribution in [-0.2, 0) is 13.0 Å². The molecule has 0 bridgehead atoms. The van der Waals surface area contributed by atoms with Gasteiger partial charge in [-0.25, -0.2) is 15.0 Å². The first-order valence-electron chi connectivity index (χ1n) is 7.81. The molecular formula is C18H19N5O. The van der Waals surface area contributed by atoms with E-state index in [1.807, 2.05) is 36.4 Å². The molecule has 3 aromatic rings. The number of nitrogens with zero attached hydrogens (tertiary/aromatic N) is 4. The van der Waals surface area contributed by atoms with Crippen LogP contribution in [0, 0.1) is 0 Å². The zero-order valence-electron chi connectivity index (χ0n) is 13.7. The number of pyridine rings is 2. The van der Waals surface area contributed by atoms with E-state index in [1.165, 1.54) is 0 Å². The molecule has 3 rings (SSSR count). The SMILES string of the molecule is CCc1cc(NCc2cccnc2OC)nc(-c2ccccn2)n1. The molecular weight excluding hydrogens is 302 g/mol. The third kappa shape index (κ3) is 3.65. The van der Waals surface area contributed by atoms with E-state index >= 15 is 0 Å². The number of hydrogen-bond acceptors (Lipinski definition) is 6. The maximum atomic E-state index is 5.28. The summed E-state index contributed by atoms with van der Waals surface area (Å²) < 4.78 is 5.28. The van der Waals surface area contributed by atoms with Crippen LogP contribution in [0.3, 0.4) is 0 Å². The van der Waals surface area contributed by atoms with Gasteiger partial charge in [-0.1, -0.05) is 19.1 Å². The second-order valence-corrected chi connectivity index (χ2v) is 5.16. The Kier molecular flexibility index (Phi) is 4.96. The average Bonchev–Trinajstić information content (AvgIpc) is 2.67. The zero-order chi connectivity index (χ0) is 16.8. The molecule has 0 fully saturated rings. The van der Waals surface area contributed by atoms with Crippen LogP contribution in [0.5, 0.6) is 5.88 Å². The lowest BCUT2D eigenvalue weighted by Gasteiger charge is -2.11. The maximum Gasteiger partial charge on any atom is 0.218 e. The number of ether oxygens (including phenoxy) is 1. The summed E-state index contributed by atoms with van der Waals surface area (Å²) in [5, 5.41) is 3.32. The van der Waals surface area contributed by atoms with Crippen LogP contribution >= 0.6 is 0 Å². The van der Waals surface area contributed by atoms with Crippen LogP contribution < -0.4 is 10.1 Å². The number of nitrogens with one attached hydrogen (secondary N) is 1. The third-order valence-corrected chi connectivity index (χ3v) is 3.54. The van der Waals surface area contributed by atoms with E-state index in [-0.39, 0.29) is 0 Å². The van der Waals surface area contributed by atoms with E-state index in [2.05, 4.69) is 32.2 Å². The largest absolute Gasteiger partial charge is 0.481 e. The van der Waals surface area contributed by atoms with Crippen LogP contribution in [0.25, 0.3) is 11.5 Å². The number of hydrogen-bond donors (Lipinski definition) is 1. The van der Waals surface area contributed by atoms with Gasteiger partial charge in [0.15, 0.2) is 5.82 Å². The van der Waals surface area contributed by atoms with Gasteiger partial charge in [-0.05, 0) is 24.6 Å². The Labute approximate surface area is 141 Å². The van der Waals surface area contributed by atoms with E-state index in [1.54, 1.807) is 19.5 Å². The van der Waals surface area contributed by atoms with Crippen LogP contribution in [0.1, 0.15) is 18.2 Å². The van der Waals surface area contributed by atoms with Gasteiger partial charge in [0.05, 0.1) is 7.11 Å². The van der Waals surface area contributed by atoms with Gasteiger partial charge < -0.3 is 10.1 Å². The molecule has 3 aromatic heterocycles. The predicted octanol–water partition coefficient (Wildman–Crippen LogP) is 3.12. The summed E-state index contributed by atoms with van der Waals surface area (Å²) >= 11 is 0. The van der Waals surface area contributed by atoms with Crippen molar-refractivity contribution in [1.82, 2.24) is 19.9 Å². The molecule has 0 unspecified atom stereocenters. The third-order valence-electron chi connectivity index (χ3n) is 3.54. The summed E-state index contributed by atoms with van der Waals surface area (Å²) in [5.41, 5.74) is 2.69. The van der Waals surface area contributed by atoms with Crippen molar-refractivity contribution < 1.29 is 4.74 Å². The predicted molar refractivity (Wildman–Crippen MR) is 92.8 cm³/mol. The van der Waals surface area contributed by atoms with Crippen LogP contribution in [0.2, 0.25) is 0 Å². The number of anilines is 1. The Bertz CT molecular complexity index is 808. The minimum atomic E-state index is 0.568. The van der Waals surface area contributed by atoms with Crippen molar-refractivity contribution in [2.45, 2.75) is 19.9 Å². The molecule has 0 saturated heterocycles. The lowest BCUT2D eigenvalue weighted by Crippen LogP contribution is -2.06. The highest BCUT2D eigenvalue weighted by Gasteiger charge is 2.08. The molecule has 0 saturated carbocycles. The normalized spacial score (nSPS) is 10.4. The van der Waals surface area contributed by atoms with Crippen molar-refractivity contribution in [2.24, 2.45) is 0 Å². The molecule has 0 aliphatic heterocycles. The highest BCUT2D eigenvalue weighted by molar-refractivity contribution is 5.53. The Morgan fingerprint density at radius 1 is 1.04 bits per heavy atom. The highest BCUT2D eigenvalue weighted by atomic mass is 16.5. The maximum absolute atomic E-state index is 5.28. The highest BCUT2D eigenvalue weighted by Crippen LogP contribution is 2.19. The lowest BCUT2D eigenvalue weighted by molar-refractivity contribution is 0.393. The van der Waals surface area contributed by atoms with Gasteiger partial charge in [-0.15, -0.1) is 0 Å². The molecule has 122 valence electrons. The molecule has 0 radical (unpaired) electrons. The summed E-state index contributed by atoms with van der Waals surface area (Å²) in [7, 11) is 1.62. The first-order chi connectivity index (χ1) is 11.8. The second-order valence-electron chi connectivity index (χ2n) is 5.16. The van der Waals surface area contributed by atoms with Crippen LogP contribution in [-0.4, -0.2) is 27.0 Å². The summed E-state index contributed by atoms with van der Waals surface area (Å²) in [4.78, 5) is 17.7. The van der Waals surface area contributed by atoms with E-state index in [0.29, 0.717) is 18.2 Å². The molecule has 0 aliphatic carbocycles. The molecule has 24 heavy (non-hydrogen) atoms. The topological polar surface area (TPSA) is 72.8 Å². The van der Waals surface area contributed by atoms with Gasteiger partial charge in [-0.2, -0.15) is 0 Å². The van der Waals surface area contributed by atoms with E-state index < -0.39 is 0 Å². The Hall–Kier alpha value is -3.02. The fraction of sp³-hybridized carbons (Fsp3) is 0.222. The van der Waals surface area contributed by atoms with Gasteiger partial charge in [-0.3, -0.25) is 4.98 Å². The molecule has 1 N–H and O–H groups in total. The van der Waals surface area contributed by atoms with Gasteiger partial charge in [0.2, 0.25) is 5.88 Å². The lowest BCUT2D eigenvalue weighted by atomic mass is 10.2. The first kappa shape index (κ1) is 15.9. The average molecular weight is 321 g/mol. The number of rotatable bonds is 6. The van der Waals surface area contributed by atoms with Crippen molar-refractivity contribution in [3.8, 4) is 17.4 Å². The monoisotopic (exact) mass is 321 g/mol. The first-order valence-corrected chi connectivity index (χ1v) is 7.81. The smallest absolute Gasteiger partial charge is 0.218 e. The molecule has 0 atom stereocenters. The molecule has 6 heteroatoms. The molecule has 6 nitrogen and oxygen atoms in total. The van der Waals surface area contributed by atoms with Crippen molar-refractivity contribution in [3.63, 3.8) is 0 Å². The summed E-state index contributed by atoms with van der Waals surface area (Å²) in [6.45, 7) is 2.64. The Morgan fingerprint density at radius 2 is 1.92 bits per heavy atom. The molecule has 0 spiro atoms. The zero-order valence-corrected chi connectivity index (χ0v) is 13.7. The van der Waals surface area contributed by atoms with Gasteiger partial charge in [0.25, 0.3) is 0 Å². The van der Waals surface area contributed by atoms with Crippen LogP contribution in [0.4, 0.5) is 5.82 Å². The van der Waals surface area contributed by atoms with E-state index in [4.69, 9.17) is 4.74 Å². The standard InChI is InChI=1S/C18H19N5O/c1-3-14-11-16(21-12-13-7-6-10-20-18(13)24-2)23-17(22-14)15-8-4-5-9-19-15/h4-11H,3,12H2,1-2H3,(H,21,22,23). The summed E-state index contributed by atoms with van der Waals surface area (Å²) in [5.74, 6) is 1.99. The number of methoxy groups -OCH3 is 1. The quantitative estimate of drug-likeness (QED) is 0.752. The molecule has 0 amide bonds. The fourth-order valence-corrected chi connectivity index (χ4v) is 2.31. The van der Waals surface area contributed by atoms with E-state index in [0.717, 1.165) is 29.2 Å². The number of aromatic nitrogens is 4. The Morgan fingerprint density at radius 3 is 2.67 bits per heavy atom. The van der Waals surface area contributed by atoms with Gasteiger partial charge >= 0.3 is 0 Å². The minimum Gasteiger partial charge on any atom is -0.481 e. The molecule has 3 heterocycles. The van der Waals surface area contributed by atoms with Crippen molar-refractivity contribution in [3.05, 3.63) is 60.0 Å². The molecule has 0 aliphatic rings. The second kappa shape index (κ2) is 7.50. The van der Waals surface area contributed by atoms with Crippen molar-refractivity contribution >= 4 is 5.82 Å². The van der Waals surface area contributed by atoms with Crippen molar-refractivity contribution in [2.75, 3.05) is 12.4 Å². The minimum absolute atomic E-state index is 0.568. The van der Waals surface area contributed by atoms with E-state index in [9.17, 15) is 0 Å². The van der Waals surface area contributed by atoms with Gasteiger partial charge in [0.1, 0.15) is 11.5 Å².